The molecule has 0 atom stereocenters. The van der Waals surface area contributed by atoms with Crippen LogP contribution in [-0.4, -0.2) is 12.6 Å². The number of para-hydroxylation sites is 4. The molecule has 6 heteroatoms. The van der Waals surface area contributed by atoms with E-state index in [0.29, 0.717) is 0 Å². The third kappa shape index (κ3) is 4.52. The molecule has 0 radical (unpaired) electrons. The number of hydrogen-bond donors (Lipinski definition) is 0. The zero-order valence-electron chi connectivity index (χ0n) is 27.6. The number of fused-ring (bicyclic) bond motifs is 7. The summed E-state index contributed by atoms with van der Waals surface area (Å²) in [6.45, 7) is 4.89. The lowest BCUT2D eigenvalue weighted by molar-refractivity contribution is 0.487. The highest BCUT2D eigenvalue weighted by Crippen LogP contribution is 2.55. The van der Waals surface area contributed by atoms with Crippen molar-refractivity contribution < 1.29 is 4.74 Å². The van der Waals surface area contributed by atoms with Gasteiger partial charge < -0.3 is 14.2 Å². The minimum atomic E-state index is -2.07. The number of benzene rings is 7. The van der Waals surface area contributed by atoms with Crippen molar-refractivity contribution in [3.8, 4) is 17.2 Å². The fraction of sp³-hybridized carbons (Fsp3) is 0.0455. The van der Waals surface area contributed by atoms with E-state index in [0.717, 1.165) is 34.2 Å². The summed E-state index contributed by atoms with van der Waals surface area (Å²) in [6.07, 6.45) is 0. The Hall–Kier alpha value is -5.14. The van der Waals surface area contributed by atoms with Crippen molar-refractivity contribution in [2.75, 3.05) is 4.90 Å². The number of rotatable bonds is 4. The molecular formula is C44H32N2OS2Si. The van der Waals surface area contributed by atoms with Crippen LogP contribution in [0.3, 0.4) is 0 Å². The Kier molecular flexibility index (Phi) is 6.81. The molecule has 8 aromatic rings. The van der Waals surface area contributed by atoms with Crippen molar-refractivity contribution >= 4 is 80.8 Å². The summed E-state index contributed by atoms with van der Waals surface area (Å²) >= 11 is 3.72. The molecule has 0 N–H and O–H groups in total. The van der Waals surface area contributed by atoms with E-state index in [-0.39, 0.29) is 0 Å². The average molecular weight is 697 g/mol. The Labute approximate surface area is 301 Å². The first-order valence-corrected chi connectivity index (χ1v) is 21.6. The Balaban J connectivity index is 1.24. The van der Waals surface area contributed by atoms with Gasteiger partial charge in [0.2, 0.25) is 0 Å². The molecular weight excluding hydrogens is 665 g/mol. The fourth-order valence-corrected chi connectivity index (χ4v) is 12.9. The number of hydrogen-bond acceptors (Lipinski definition) is 4. The van der Waals surface area contributed by atoms with E-state index in [4.69, 9.17) is 4.74 Å². The first-order valence-electron chi connectivity index (χ1n) is 16.9. The number of aromatic nitrogens is 1. The molecule has 7 aromatic carbocycles. The van der Waals surface area contributed by atoms with Gasteiger partial charge in [0.1, 0.15) is 13.8 Å². The first-order chi connectivity index (χ1) is 24.6. The number of nitrogens with zero attached hydrogens (tertiary/aromatic N) is 2. The molecule has 1 aromatic heterocycles. The molecule has 240 valence electrons. The lowest BCUT2D eigenvalue weighted by atomic mass is 10.1. The molecule has 2 aliphatic rings. The molecule has 3 heterocycles. The Morgan fingerprint density at radius 2 is 1.20 bits per heavy atom. The van der Waals surface area contributed by atoms with E-state index in [1.54, 1.807) is 0 Å². The van der Waals surface area contributed by atoms with Crippen LogP contribution in [0.25, 0.3) is 27.5 Å². The zero-order valence-corrected chi connectivity index (χ0v) is 30.3. The van der Waals surface area contributed by atoms with Gasteiger partial charge in [-0.15, -0.1) is 0 Å². The van der Waals surface area contributed by atoms with Gasteiger partial charge >= 0.3 is 0 Å². The topological polar surface area (TPSA) is 17.4 Å². The Morgan fingerprint density at radius 3 is 2.08 bits per heavy atom. The number of ether oxygens (including phenoxy) is 1. The van der Waals surface area contributed by atoms with Crippen LogP contribution in [0.2, 0.25) is 13.1 Å². The summed E-state index contributed by atoms with van der Waals surface area (Å²) < 4.78 is 9.35. The van der Waals surface area contributed by atoms with Crippen molar-refractivity contribution in [2.24, 2.45) is 0 Å². The lowest BCUT2D eigenvalue weighted by Crippen LogP contribution is -2.56. The van der Waals surface area contributed by atoms with Crippen molar-refractivity contribution in [3.63, 3.8) is 0 Å². The fourth-order valence-electron chi connectivity index (χ4n) is 7.70. The highest BCUT2D eigenvalue weighted by molar-refractivity contribution is 8.05. The summed E-state index contributed by atoms with van der Waals surface area (Å²) in [5.74, 6) is 1.93. The van der Waals surface area contributed by atoms with Crippen LogP contribution in [0.4, 0.5) is 17.1 Å². The summed E-state index contributed by atoms with van der Waals surface area (Å²) in [4.78, 5) is 7.56. The maximum atomic E-state index is 6.97. The smallest absolute Gasteiger partial charge is 0.151 e. The summed E-state index contributed by atoms with van der Waals surface area (Å²) in [6, 6.07) is 57.2. The molecule has 0 spiro atoms. The minimum absolute atomic E-state index is 0.959. The molecule has 0 fully saturated rings. The minimum Gasteiger partial charge on any atom is -0.455 e. The third-order valence-electron chi connectivity index (χ3n) is 10.1. The molecule has 10 rings (SSSR count). The normalized spacial score (nSPS) is 14.0. The van der Waals surface area contributed by atoms with Crippen LogP contribution in [-0.2, 0) is 0 Å². The predicted molar refractivity (Wildman–Crippen MR) is 213 cm³/mol. The van der Waals surface area contributed by atoms with Gasteiger partial charge in [-0.1, -0.05) is 122 Å². The largest absolute Gasteiger partial charge is 0.455 e. The van der Waals surface area contributed by atoms with E-state index in [1.165, 1.54) is 51.8 Å². The van der Waals surface area contributed by atoms with Crippen LogP contribution in [0.15, 0.2) is 177 Å². The van der Waals surface area contributed by atoms with Gasteiger partial charge in [-0.05, 0) is 83.2 Å². The SMILES string of the molecule is C[Si]1(C)c2ccccc2Oc2c(N(c3ccc4c(c3)c3ccccc3n4-c3ccccc3)c3cccc4c3Sc3ccccc3S4)cccc21. The van der Waals surface area contributed by atoms with Crippen molar-refractivity contribution in [3.05, 3.63) is 158 Å². The van der Waals surface area contributed by atoms with E-state index < -0.39 is 8.07 Å². The van der Waals surface area contributed by atoms with Gasteiger partial charge in [0.05, 0.1) is 27.3 Å². The van der Waals surface area contributed by atoms with E-state index >= 15 is 0 Å². The second kappa shape index (κ2) is 11.5. The maximum absolute atomic E-state index is 6.97. The molecule has 0 aliphatic carbocycles. The molecule has 0 saturated heterocycles. The van der Waals surface area contributed by atoms with Gasteiger partial charge in [-0.2, -0.15) is 0 Å². The molecule has 0 amide bonds. The standard InChI is InChI=1S/C44H32N2OS2Si/c1-50(2)41-24-11-8-20-37(41)47-43-35(18-13-25-42(43)50)46(36-19-12-23-40-44(36)49-39-22-10-9-21-38(39)48-40)30-26-27-34-32(28-30)31-16-6-7-17-33(31)45(34)29-14-4-3-5-15-29/h3-28H,1-2H3. The lowest BCUT2D eigenvalue weighted by Gasteiger charge is -2.37. The summed E-state index contributed by atoms with van der Waals surface area (Å²) in [7, 11) is -2.07. The highest BCUT2D eigenvalue weighted by atomic mass is 32.2. The van der Waals surface area contributed by atoms with E-state index in [2.05, 4.69) is 180 Å². The second-order valence-corrected chi connectivity index (χ2v) is 19.8. The van der Waals surface area contributed by atoms with Gasteiger partial charge in [-0.3, -0.25) is 0 Å². The second-order valence-electron chi connectivity index (χ2n) is 13.4. The summed E-state index contributed by atoms with van der Waals surface area (Å²) in [5, 5.41) is 5.11. The van der Waals surface area contributed by atoms with E-state index in [9.17, 15) is 0 Å². The van der Waals surface area contributed by atoms with Crippen LogP contribution >= 0.6 is 23.5 Å². The Bertz CT molecular complexity index is 2630. The quantitative estimate of drug-likeness (QED) is 0.170. The van der Waals surface area contributed by atoms with E-state index in [1.807, 2.05) is 23.5 Å². The van der Waals surface area contributed by atoms with Crippen LogP contribution in [0, 0.1) is 0 Å². The van der Waals surface area contributed by atoms with Crippen LogP contribution in [0.1, 0.15) is 0 Å². The first kappa shape index (κ1) is 29.7. The molecule has 0 unspecified atom stereocenters. The van der Waals surface area contributed by atoms with Crippen molar-refractivity contribution in [1.82, 2.24) is 4.57 Å². The number of anilines is 3. The van der Waals surface area contributed by atoms with Crippen LogP contribution < -0.4 is 20.0 Å². The third-order valence-corrected chi connectivity index (χ3v) is 16.2. The molecule has 0 bridgehead atoms. The van der Waals surface area contributed by atoms with Crippen molar-refractivity contribution in [1.29, 1.82) is 0 Å². The maximum Gasteiger partial charge on any atom is 0.151 e. The summed E-state index contributed by atoms with van der Waals surface area (Å²) in [5.41, 5.74) is 6.84. The highest BCUT2D eigenvalue weighted by Gasteiger charge is 2.38. The zero-order chi connectivity index (χ0) is 33.4. The monoisotopic (exact) mass is 696 g/mol. The molecule has 50 heavy (non-hydrogen) atoms. The van der Waals surface area contributed by atoms with Gasteiger partial charge in [0.15, 0.2) is 5.75 Å². The van der Waals surface area contributed by atoms with Crippen molar-refractivity contribution in [2.45, 2.75) is 32.7 Å². The van der Waals surface area contributed by atoms with Crippen LogP contribution in [0.5, 0.6) is 11.5 Å². The average Bonchev–Trinajstić information content (AvgIpc) is 3.49. The molecule has 0 saturated carbocycles. The van der Waals surface area contributed by atoms with Gasteiger partial charge in [0.25, 0.3) is 0 Å². The molecule has 2 aliphatic heterocycles. The predicted octanol–water partition coefficient (Wildman–Crippen LogP) is 11.8. The Morgan fingerprint density at radius 1 is 0.540 bits per heavy atom. The van der Waals surface area contributed by atoms with Gasteiger partial charge in [0, 0.05) is 36.8 Å². The molecule has 3 nitrogen and oxygen atoms in total. The van der Waals surface area contributed by atoms with Gasteiger partial charge in [-0.25, -0.2) is 0 Å².